The number of pyridine rings is 1. The molecule has 1 aromatic heterocycles. The van der Waals surface area contributed by atoms with E-state index in [4.69, 9.17) is 21.1 Å². The summed E-state index contributed by atoms with van der Waals surface area (Å²) in [5.74, 6) is 2.11. The first-order valence-corrected chi connectivity index (χ1v) is 14.5. The number of hydrogen-bond acceptors (Lipinski definition) is 8. The van der Waals surface area contributed by atoms with Crippen LogP contribution < -0.4 is 15.0 Å². The van der Waals surface area contributed by atoms with Gasteiger partial charge in [-0.3, -0.25) is 15.0 Å². The van der Waals surface area contributed by atoms with Crippen molar-refractivity contribution in [3.8, 4) is 11.5 Å². The molecule has 1 unspecified atom stereocenters. The van der Waals surface area contributed by atoms with Crippen molar-refractivity contribution in [1.29, 1.82) is 0 Å². The number of methoxy groups -OCH3 is 2. The van der Waals surface area contributed by atoms with Gasteiger partial charge in [-0.15, -0.1) is 11.8 Å². The molecule has 0 radical (unpaired) electrons. The molecule has 4 rings (SSSR count). The van der Waals surface area contributed by atoms with Crippen LogP contribution in [-0.2, 0) is 4.79 Å². The van der Waals surface area contributed by atoms with Gasteiger partial charge in [0.2, 0.25) is 5.91 Å². The largest absolute Gasteiger partial charge is 0.497 e. The van der Waals surface area contributed by atoms with Gasteiger partial charge in [-0.25, -0.2) is 5.48 Å². The number of amides is 1. The summed E-state index contributed by atoms with van der Waals surface area (Å²) < 4.78 is 10.8. The molecule has 1 atom stereocenters. The summed E-state index contributed by atoms with van der Waals surface area (Å²) in [6.07, 6.45) is 3.59. The number of hydroxylamine groups is 1. The molecule has 0 spiro atoms. The number of ether oxygens (including phenoxy) is 2. The van der Waals surface area contributed by atoms with Crippen LogP contribution in [0.3, 0.4) is 0 Å². The summed E-state index contributed by atoms with van der Waals surface area (Å²) in [6.45, 7) is 2.43. The van der Waals surface area contributed by atoms with Crippen molar-refractivity contribution in [2.45, 2.75) is 43.1 Å². The number of thioether (sulfide) groups is 1. The Bertz CT molecular complexity index is 1270. The van der Waals surface area contributed by atoms with Crippen molar-refractivity contribution < 1.29 is 24.6 Å². The molecule has 1 fully saturated rings. The van der Waals surface area contributed by atoms with Gasteiger partial charge in [-0.2, -0.15) is 0 Å². The number of nitrogens with zero attached hydrogens (tertiary/aromatic N) is 2. The van der Waals surface area contributed by atoms with Crippen molar-refractivity contribution in [3.05, 3.63) is 59.2 Å². The van der Waals surface area contributed by atoms with Crippen LogP contribution in [-0.4, -0.2) is 65.7 Å². The van der Waals surface area contributed by atoms with Gasteiger partial charge in [0.1, 0.15) is 11.5 Å². The van der Waals surface area contributed by atoms with E-state index in [0.717, 1.165) is 47.8 Å². The third kappa shape index (κ3) is 6.96. The lowest BCUT2D eigenvalue weighted by molar-refractivity contribution is -0.143. The minimum Gasteiger partial charge on any atom is -0.497 e. The summed E-state index contributed by atoms with van der Waals surface area (Å²) in [7, 11) is 3.27. The predicted octanol–water partition coefficient (Wildman–Crippen LogP) is 5.49. The predicted molar refractivity (Wildman–Crippen MR) is 154 cm³/mol. The van der Waals surface area contributed by atoms with E-state index in [1.165, 1.54) is 6.20 Å². The normalized spacial score (nSPS) is 16.1. The van der Waals surface area contributed by atoms with Crippen LogP contribution in [0.1, 0.15) is 43.8 Å². The number of halogens is 1. The van der Waals surface area contributed by atoms with Crippen LogP contribution in [0.4, 0.5) is 0 Å². The standard InChI is InChI=1S/C29H36ClN3O5S/c1-37-20-8-9-23-21(18-20)27(22(30)19-31-23)24(34)10-11-29(28(35)32-36)12-15-33(16-13-29)14-5-17-39-26-7-4-3-6-25(26)38-2/h3-4,6-9,18-19,24,34,36H,5,10-17H2,1-2H3,(H,32,35). The average Bonchev–Trinajstić information content (AvgIpc) is 2.98. The number of hydrogen-bond donors (Lipinski definition) is 3. The maximum absolute atomic E-state index is 12.9. The molecule has 3 N–H and O–H groups in total. The molecule has 39 heavy (non-hydrogen) atoms. The molecule has 1 amide bonds. The van der Waals surface area contributed by atoms with E-state index in [1.807, 2.05) is 41.9 Å². The lowest BCUT2D eigenvalue weighted by Gasteiger charge is -2.40. The highest BCUT2D eigenvalue weighted by Crippen LogP contribution is 2.41. The monoisotopic (exact) mass is 573 g/mol. The van der Waals surface area contributed by atoms with Crippen molar-refractivity contribution in [2.75, 3.05) is 39.6 Å². The fraction of sp³-hybridized carbons (Fsp3) is 0.448. The Kier molecular flexibility index (Phi) is 10.3. The van der Waals surface area contributed by atoms with E-state index in [1.54, 1.807) is 26.0 Å². The molecule has 0 bridgehead atoms. The Morgan fingerprint density at radius 3 is 2.69 bits per heavy atom. The highest BCUT2D eigenvalue weighted by atomic mass is 35.5. The Labute approximate surface area is 238 Å². The molecule has 8 nitrogen and oxygen atoms in total. The number of piperidine rings is 1. The van der Waals surface area contributed by atoms with E-state index >= 15 is 0 Å². The molecular formula is C29H36ClN3O5S. The van der Waals surface area contributed by atoms with E-state index in [9.17, 15) is 15.1 Å². The van der Waals surface area contributed by atoms with Crippen LogP contribution in [0, 0.1) is 5.41 Å². The number of likely N-dealkylation sites (tertiary alicyclic amines) is 1. The molecule has 3 aromatic rings. The molecule has 1 aliphatic rings. The van der Waals surface area contributed by atoms with E-state index in [2.05, 4.69) is 16.0 Å². The Balaban J connectivity index is 1.35. The molecule has 0 aliphatic carbocycles. The van der Waals surface area contributed by atoms with Gasteiger partial charge < -0.3 is 19.5 Å². The summed E-state index contributed by atoms with van der Waals surface area (Å²) in [5, 5.41) is 21.8. The second kappa shape index (κ2) is 13.7. The summed E-state index contributed by atoms with van der Waals surface area (Å²) in [6, 6.07) is 13.5. The van der Waals surface area contributed by atoms with Gasteiger partial charge in [0, 0.05) is 22.0 Å². The van der Waals surface area contributed by atoms with E-state index in [0.29, 0.717) is 47.5 Å². The number of aliphatic hydroxyl groups excluding tert-OH is 1. The van der Waals surface area contributed by atoms with Gasteiger partial charge in [0.05, 0.1) is 36.3 Å². The molecule has 210 valence electrons. The summed E-state index contributed by atoms with van der Waals surface area (Å²) in [4.78, 5) is 20.7. The fourth-order valence-electron chi connectivity index (χ4n) is 5.31. The number of aromatic nitrogens is 1. The zero-order valence-electron chi connectivity index (χ0n) is 22.4. The van der Waals surface area contributed by atoms with Crippen molar-refractivity contribution in [2.24, 2.45) is 5.41 Å². The van der Waals surface area contributed by atoms with Crippen molar-refractivity contribution in [3.63, 3.8) is 0 Å². The second-order valence-electron chi connectivity index (χ2n) is 9.87. The molecule has 0 saturated carbocycles. The first kappa shape index (κ1) is 29.4. The van der Waals surface area contributed by atoms with Gasteiger partial charge in [0.25, 0.3) is 0 Å². The lowest BCUT2D eigenvalue weighted by atomic mass is 9.73. The van der Waals surface area contributed by atoms with Crippen LogP contribution in [0.2, 0.25) is 5.02 Å². The lowest BCUT2D eigenvalue weighted by Crippen LogP contribution is -2.48. The number of nitrogens with one attached hydrogen (secondary N) is 1. The summed E-state index contributed by atoms with van der Waals surface area (Å²) in [5.41, 5.74) is 2.40. The van der Waals surface area contributed by atoms with Gasteiger partial charge in [0.15, 0.2) is 0 Å². The zero-order chi connectivity index (χ0) is 27.8. The second-order valence-corrected chi connectivity index (χ2v) is 11.4. The molecule has 10 heteroatoms. The molecule has 1 aliphatic heterocycles. The molecular weight excluding hydrogens is 538 g/mol. The third-order valence-electron chi connectivity index (χ3n) is 7.64. The number of aliphatic hydroxyl groups is 1. The van der Waals surface area contributed by atoms with Crippen LogP contribution >= 0.6 is 23.4 Å². The first-order chi connectivity index (χ1) is 18.9. The van der Waals surface area contributed by atoms with Crippen LogP contribution in [0.5, 0.6) is 11.5 Å². The highest BCUT2D eigenvalue weighted by Gasteiger charge is 2.41. The van der Waals surface area contributed by atoms with Gasteiger partial charge in [-0.05, 0) is 87.8 Å². The van der Waals surface area contributed by atoms with Crippen LogP contribution in [0.25, 0.3) is 10.9 Å². The minimum absolute atomic E-state index is 0.318. The van der Waals surface area contributed by atoms with Gasteiger partial charge in [-0.1, -0.05) is 23.7 Å². The highest BCUT2D eigenvalue weighted by molar-refractivity contribution is 7.99. The maximum atomic E-state index is 12.9. The fourth-order valence-corrected chi connectivity index (χ4v) is 6.55. The summed E-state index contributed by atoms with van der Waals surface area (Å²) >= 11 is 8.26. The molecule has 2 heterocycles. The Morgan fingerprint density at radius 2 is 1.97 bits per heavy atom. The number of para-hydroxylation sites is 1. The third-order valence-corrected chi connectivity index (χ3v) is 9.08. The number of rotatable bonds is 12. The van der Waals surface area contributed by atoms with E-state index < -0.39 is 17.4 Å². The molecule has 2 aromatic carbocycles. The Morgan fingerprint density at radius 1 is 1.21 bits per heavy atom. The number of carbonyl (C=O) groups excluding carboxylic acids is 1. The number of fused-ring (bicyclic) bond motifs is 1. The zero-order valence-corrected chi connectivity index (χ0v) is 23.9. The first-order valence-electron chi connectivity index (χ1n) is 13.1. The van der Waals surface area contributed by atoms with Crippen molar-refractivity contribution >= 4 is 40.2 Å². The van der Waals surface area contributed by atoms with E-state index in [-0.39, 0.29) is 0 Å². The number of benzene rings is 2. The average molecular weight is 574 g/mol. The number of carbonyl (C=O) groups is 1. The minimum atomic E-state index is -0.900. The SMILES string of the molecule is COc1ccc2ncc(Cl)c(C(O)CCC3(C(=O)NO)CCN(CCCSc4ccccc4OC)CC3)c2c1. The van der Waals surface area contributed by atoms with Gasteiger partial charge >= 0.3 is 0 Å². The Hall–Kier alpha value is -2.56. The van der Waals surface area contributed by atoms with Crippen molar-refractivity contribution in [1.82, 2.24) is 15.4 Å². The smallest absolute Gasteiger partial charge is 0.249 e. The quantitative estimate of drug-likeness (QED) is 0.113. The maximum Gasteiger partial charge on any atom is 0.249 e. The molecule has 1 saturated heterocycles. The van der Waals surface area contributed by atoms with Crippen LogP contribution in [0.15, 0.2) is 53.6 Å². The topological polar surface area (TPSA) is 104 Å².